The summed E-state index contributed by atoms with van der Waals surface area (Å²) in [6.07, 6.45) is 1.88. The first-order chi connectivity index (χ1) is 8.29. The van der Waals surface area contributed by atoms with Gasteiger partial charge in [0.1, 0.15) is 5.69 Å². The molecule has 18 heavy (non-hydrogen) atoms. The molecule has 0 saturated carbocycles. The van der Waals surface area contributed by atoms with Crippen LogP contribution in [0.1, 0.15) is 47.5 Å². The second kappa shape index (κ2) is 5.55. The third kappa shape index (κ3) is 3.12. The summed E-state index contributed by atoms with van der Waals surface area (Å²) >= 11 is 0. The molecule has 0 aliphatic rings. The normalized spacial score (nSPS) is 13.6. The van der Waals surface area contributed by atoms with E-state index in [0.717, 1.165) is 12.8 Å². The fraction of sp³-hybridized carbons (Fsp3) is 0.714. The van der Waals surface area contributed by atoms with E-state index in [1.807, 2.05) is 13.8 Å². The third-order valence-electron chi connectivity index (χ3n) is 3.27. The van der Waals surface area contributed by atoms with E-state index in [2.05, 4.69) is 26.1 Å². The van der Waals surface area contributed by atoms with Crippen LogP contribution in [0.3, 0.4) is 0 Å². The Morgan fingerprint density at radius 1 is 1.22 bits per heavy atom. The largest absolute Gasteiger partial charge is 0.487 e. The summed E-state index contributed by atoms with van der Waals surface area (Å²) in [6, 6.07) is 0.0920. The van der Waals surface area contributed by atoms with Gasteiger partial charge in [-0.25, -0.2) is 0 Å². The zero-order chi connectivity index (χ0) is 13.9. The number of nitrogens with one attached hydrogen (secondary N) is 1. The topological polar surface area (TPSA) is 55.4 Å². The fourth-order valence-corrected chi connectivity index (χ4v) is 1.39. The third-order valence-corrected chi connectivity index (χ3v) is 3.27. The van der Waals surface area contributed by atoms with E-state index in [4.69, 9.17) is 4.74 Å². The zero-order valence-electron chi connectivity index (χ0n) is 11.9. The van der Waals surface area contributed by atoms with Crippen LogP contribution in [0.2, 0.25) is 0 Å². The number of unbranched alkanes of at least 4 members (excludes halogenated alkanes) is 1. The minimum absolute atomic E-state index is 0.0143. The molecule has 0 saturated heterocycles. The molecule has 1 atom stereocenters. The summed E-state index contributed by atoms with van der Waals surface area (Å²) in [4.78, 5) is 22.9. The van der Waals surface area contributed by atoms with Crippen LogP contribution in [0.15, 0.2) is 9.59 Å². The lowest BCUT2D eigenvalue weighted by Gasteiger charge is -2.29. The maximum absolute atomic E-state index is 11.5. The lowest BCUT2D eigenvalue weighted by molar-refractivity contribution is 0.302. The molecule has 0 aliphatic heterocycles. The van der Waals surface area contributed by atoms with E-state index in [1.54, 1.807) is 0 Å². The Morgan fingerprint density at radius 2 is 1.83 bits per heavy atom. The monoisotopic (exact) mass is 253 g/mol. The Morgan fingerprint density at radius 3 is 2.33 bits per heavy atom. The van der Waals surface area contributed by atoms with Crippen molar-refractivity contribution in [2.24, 2.45) is 5.41 Å². The lowest BCUT2D eigenvalue weighted by Crippen LogP contribution is -2.41. The van der Waals surface area contributed by atoms with Crippen LogP contribution in [0.5, 0.6) is 5.75 Å². The van der Waals surface area contributed by atoms with Gasteiger partial charge in [0.05, 0.1) is 6.61 Å². The summed E-state index contributed by atoms with van der Waals surface area (Å²) in [5.41, 5.74) is -0.605. The molecule has 0 aliphatic carbocycles. The average Bonchev–Trinajstić information content (AvgIpc) is 2.30. The minimum atomic E-state index is -0.505. The maximum atomic E-state index is 11.5. The smallest absolute Gasteiger partial charge is 0.272 e. The number of anilines is 1. The first-order valence-electron chi connectivity index (χ1n) is 6.51. The minimum Gasteiger partial charge on any atom is -0.487 e. The van der Waals surface area contributed by atoms with Crippen molar-refractivity contribution < 1.29 is 4.74 Å². The van der Waals surface area contributed by atoms with Gasteiger partial charge in [0.15, 0.2) is 5.75 Å². The second-order valence-corrected chi connectivity index (χ2v) is 5.80. The zero-order valence-corrected chi connectivity index (χ0v) is 11.9. The molecule has 1 N–H and O–H groups in total. The van der Waals surface area contributed by atoms with Gasteiger partial charge in [-0.3, -0.25) is 9.59 Å². The van der Waals surface area contributed by atoms with Gasteiger partial charge in [-0.1, -0.05) is 34.1 Å². The molecule has 1 aromatic rings. The number of rotatable bonds is 6. The fourth-order valence-electron chi connectivity index (χ4n) is 1.39. The van der Waals surface area contributed by atoms with Gasteiger partial charge in [0.25, 0.3) is 10.9 Å². The average molecular weight is 253 g/mol. The van der Waals surface area contributed by atoms with Crippen molar-refractivity contribution in [2.75, 3.05) is 11.9 Å². The van der Waals surface area contributed by atoms with Gasteiger partial charge in [-0.05, 0) is 18.8 Å². The highest BCUT2D eigenvalue weighted by molar-refractivity contribution is 5.62. The van der Waals surface area contributed by atoms with Gasteiger partial charge in [0, 0.05) is 6.04 Å². The predicted molar refractivity (Wildman–Crippen MR) is 74.3 cm³/mol. The van der Waals surface area contributed by atoms with E-state index in [1.165, 1.54) is 0 Å². The SMILES string of the molecule is CCCCOc1c(NC(C)C(C)(C)C)c(=O)c1=O. The van der Waals surface area contributed by atoms with Gasteiger partial charge in [0.2, 0.25) is 0 Å². The van der Waals surface area contributed by atoms with Crippen molar-refractivity contribution in [3.8, 4) is 5.75 Å². The highest BCUT2D eigenvalue weighted by Crippen LogP contribution is 2.25. The second-order valence-electron chi connectivity index (χ2n) is 5.80. The Balaban J connectivity index is 2.75. The highest BCUT2D eigenvalue weighted by atomic mass is 16.5. The molecule has 0 amide bonds. The quantitative estimate of drug-likeness (QED) is 0.624. The van der Waals surface area contributed by atoms with E-state index in [9.17, 15) is 9.59 Å². The van der Waals surface area contributed by atoms with Gasteiger partial charge in [-0.15, -0.1) is 0 Å². The Labute approximate surface area is 108 Å². The van der Waals surface area contributed by atoms with Crippen LogP contribution in [-0.4, -0.2) is 12.6 Å². The van der Waals surface area contributed by atoms with Crippen molar-refractivity contribution in [1.82, 2.24) is 0 Å². The molecule has 0 radical (unpaired) electrons. The van der Waals surface area contributed by atoms with Gasteiger partial charge >= 0.3 is 0 Å². The molecule has 1 rings (SSSR count). The molecular weight excluding hydrogens is 230 g/mol. The molecule has 0 heterocycles. The predicted octanol–water partition coefficient (Wildman–Crippen LogP) is 2.31. The molecule has 4 nitrogen and oxygen atoms in total. The summed E-state index contributed by atoms with van der Waals surface area (Å²) in [5.74, 6) is 0.213. The first-order valence-corrected chi connectivity index (χ1v) is 6.51. The van der Waals surface area contributed by atoms with Gasteiger partial charge in [-0.2, -0.15) is 0 Å². The number of hydrogen-bond acceptors (Lipinski definition) is 4. The molecule has 102 valence electrons. The Kier molecular flexibility index (Phi) is 4.54. The van der Waals surface area contributed by atoms with Crippen LogP contribution < -0.4 is 20.9 Å². The van der Waals surface area contributed by atoms with E-state index in [-0.39, 0.29) is 17.2 Å². The van der Waals surface area contributed by atoms with Crippen molar-refractivity contribution in [2.45, 2.75) is 53.5 Å². The number of hydrogen-bond donors (Lipinski definition) is 1. The van der Waals surface area contributed by atoms with E-state index in [0.29, 0.717) is 12.3 Å². The molecule has 0 bridgehead atoms. The molecule has 0 spiro atoms. The molecule has 4 heteroatoms. The summed E-state index contributed by atoms with van der Waals surface area (Å²) in [7, 11) is 0. The van der Waals surface area contributed by atoms with E-state index < -0.39 is 10.9 Å². The van der Waals surface area contributed by atoms with Gasteiger partial charge < -0.3 is 10.1 Å². The van der Waals surface area contributed by atoms with Crippen molar-refractivity contribution in [3.05, 3.63) is 20.4 Å². The lowest BCUT2D eigenvalue weighted by atomic mass is 9.88. The van der Waals surface area contributed by atoms with Crippen molar-refractivity contribution in [3.63, 3.8) is 0 Å². The Bertz CT molecular complexity index is 464. The van der Waals surface area contributed by atoms with Crippen LogP contribution in [0.4, 0.5) is 5.69 Å². The summed E-state index contributed by atoms with van der Waals surface area (Å²) < 4.78 is 5.37. The maximum Gasteiger partial charge on any atom is 0.272 e. The molecular formula is C14H23NO3. The van der Waals surface area contributed by atoms with Crippen LogP contribution in [0, 0.1) is 5.41 Å². The standard InChI is InChI=1S/C14H23NO3/c1-6-7-8-18-13-10(11(16)12(13)17)15-9(2)14(3,4)5/h9,15H,6-8H2,1-5H3. The molecule has 0 fully saturated rings. The molecule has 1 unspecified atom stereocenters. The summed E-state index contributed by atoms with van der Waals surface area (Å²) in [6.45, 7) is 10.8. The van der Waals surface area contributed by atoms with Crippen LogP contribution in [0.25, 0.3) is 0 Å². The molecule has 1 aromatic carbocycles. The molecule has 0 aromatic heterocycles. The summed E-state index contributed by atoms with van der Waals surface area (Å²) in [5, 5.41) is 3.10. The van der Waals surface area contributed by atoms with Crippen LogP contribution in [-0.2, 0) is 0 Å². The van der Waals surface area contributed by atoms with Crippen molar-refractivity contribution in [1.29, 1.82) is 0 Å². The Hall–Kier alpha value is -1.32. The number of ether oxygens (including phenoxy) is 1. The van der Waals surface area contributed by atoms with E-state index >= 15 is 0 Å². The first kappa shape index (κ1) is 14.7. The highest BCUT2D eigenvalue weighted by Gasteiger charge is 2.27. The van der Waals surface area contributed by atoms with Crippen LogP contribution >= 0.6 is 0 Å². The van der Waals surface area contributed by atoms with Crippen molar-refractivity contribution >= 4 is 5.69 Å².